The Bertz CT molecular complexity index is 583. The van der Waals surface area contributed by atoms with Crippen LogP contribution in [-0.4, -0.2) is 29.3 Å². The summed E-state index contributed by atoms with van der Waals surface area (Å²) in [5.41, 5.74) is 2.69. The number of thiazole rings is 1. The van der Waals surface area contributed by atoms with E-state index in [-0.39, 0.29) is 12.6 Å². The molecular weight excluding hydrogens is 274 g/mol. The molecule has 0 bridgehead atoms. The van der Waals surface area contributed by atoms with Crippen molar-refractivity contribution in [3.63, 3.8) is 0 Å². The Kier molecular flexibility index (Phi) is 5.09. The van der Waals surface area contributed by atoms with Gasteiger partial charge >= 0.3 is 6.03 Å². The standard InChI is InChI=1S/C14H17N3O2S/c1-10-9-20-13(16-10)11-4-2-5-12(8-11)17-14(19)15-6-3-7-18/h2,4-5,8-9,18H,3,6-7H2,1H3,(H2,15,17,19). The Labute approximate surface area is 121 Å². The number of aryl methyl sites for hydroxylation is 1. The van der Waals surface area contributed by atoms with Crippen LogP contribution in [0.25, 0.3) is 10.6 Å². The minimum absolute atomic E-state index is 0.0686. The molecule has 0 radical (unpaired) electrons. The van der Waals surface area contributed by atoms with Crippen molar-refractivity contribution >= 4 is 23.1 Å². The maximum Gasteiger partial charge on any atom is 0.319 e. The third-order valence-corrected chi connectivity index (χ3v) is 3.62. The number of carbonyl (C=O) groups excluding carboxylic acids is 1. The Morgan fingerprint density at radius 1 is 1.45 bits per heavy atom. The Balaban J connectivity index is 2.01. The van der Waals surface area contributed by atoms with Gasteiger partial charge in [-0.3, -0.25) is 0 Å². The minimum atomic E-state index is -0.272. The molecule has 1 heterocycles. The first-order valence-electron chi connectivity index (χ1n) is 6.37. The zero-order chi connectivity index (χ0) is 14.4. The summed E-state index contributed by atoms with van der Waals surface area (Å²) < 4.78 is 0. The van der Waals surface area contributed by atoms with Gasteiger partial charge in [-0.25, -0.2) is 9.78 Å². The van der Waals surface area contributed by atoms with Crippen molar-refractivity contribution < 1.29 is 9.90 Å². The average Bonchev–Trinajstić information content (AvgIpc) is 2.86. The van der Waals surface area contributed by atoms with Gasteiger partial charge in [-0.1, -0.05) is 12.1 Å². The third kappa shape index (κ3) is 4.04. The van der Waals surface area contributed by atoms with Crippen molar-refractivity contribution in [2.75, 3.05) is 18.5 Å². The first kappa shape index (κ1) is 14.5. The number of anilines is 1. The van der Waals surface area contributed by atoms with E-state index in [1.807, 2.05) is 36.6 Å². The van der Waals surface area contributed by atoms with Crippen LogP contribution in [0.2, 0.25) is 0 Å². The zero-order valence-electron chi connectivity index (χ0n) is 11.2. The Morgan fingerprint density at radius 3 is 3.00 bits per heavy atom. The molecule has 6 heteroatoms. The van der Waals surface area contributed by atoms with Crippen molar-refractivity contribution in [1.29, 1.82) is 0 Å². The van der Waals surface area contributed by atoms with E-state index in [1.165, 1.54) is 0 Å². The molecule has 2 rings (SSSR count). The lowest BCUT2D eigenvalue weighted by Crippen LogP contribution is -2.29. The fourth-order valence-electron chi connectivity index (χ4n) is 1.67. The topological polar surface area (TPSA) is 74.2 Å². The highest BCUT2D eigenvalue weighted by atomic mass is 32.1. The van der Waals surface area contributed by atoms with Crippen LogP contribution in [0, 0.1) is 6.92 Å². The molecule has 0 saturated carbocycles. The van der Waals surface area contributed by atoms with Crippen molar-refractivity contribution in [2.24, 2.45) is 0 Å². The third-order valence-electron chi connectivity index (χ3n) is 2.61. The van der Waals surface area contributed by atoms with Crippen LogP contribution in [0.4, 0.5) is 10.5 Å². The highest BCUT2D eigenvalue weighted by Crippen LogP contribution is 2.25. The van der Waals surface area contributed by atoms with Gasteiger partial charge in [0.25, 0.3) is 0 Å². The molecule has 0 fully saturated rings. The first-order chi connectivity index (χ1) is 9.69. The summed E-state index contributed by atoms with van der Waals surface area (Å²) in [4.78, 5) is 16.0. The second-order valence-electron chi connectivity index (χ2n) is 4.33. The SMILES string of the molecule is Cc1csc(-c2cccc(NC(=O)NCCCO)c2)n1. The summed E-state index contributed by atoms with van der Waals surface area (Å²) in [6, 6.07) is 7.30. The number of rotatable bonds is 5. The number of nitrogens with one attached hydrogen (secondary N) is 2. The second kappa shape index (κ2) is 7.02. The van der Waals surface area contributed by atoms with Gasteiger partial charge in [-0.15, -0.1) is 11.3 Å². The van der Waals surface area contributed by atoms with Crippen molar-refractivity contribution in [2.45, 2.75) is 13.3 Å². The van der Waals surface area contributed by atoms with Gasteiger partial charge in [-0.2, -0.15) is 0 Å². The quantitative estimate of drug-likeness (QED) is 0.741. The van der Waals surface area contributed by atoms with E-state index < -0.39 is 0 Å². The molecule has 0 aliphatic heterocycles. The molecule has 0 aliphatic carbocycles. The van der Waals surface area contributed by atoms with Crippen LogP contribution in [0.15, 0.2) is 29.6 Å². The lowest BCUT2D eigenvalue weighted by atomic mass is 10.2. The van der Waals surface area contributed by atoms with E-state index in [0.29, 0.717) is 13.0 Å². The molecule has 2 aromatic rings. The van der Waals surface area contributed by atoms with E-state index >= 15 is 0 Å². The number of hydrogen-bond donors (Lipinski definition) is 3. The smallest absolute Gasteiger partial charge is 0.319 e. The molecule has 20 heavy (non-hydrogen) atoms. The van der Waals surface area contributed by atoms with Crippen LogP contribution in [-0.2, 0) is 0 Å². The van der Waals surface area contributed by atoms with Crippen LogP contribution in [0.1, 0.15) is 12.1 Å². The lowest BCUT2D eigenvalue weighted by Gasteiger charge is -2.07. The van der Waals surface area contributed by atoms with E-state index in [2.05, 4.69) is 15.6 Å². The van der Waals surface area contributed by atoms with Gasteiger partial charge in [0.1, 0.15) is 5.01 Å². The Hall–Kier alpha value is -1.92. The summed E-state index contributed by atoms with van der Waals surface area (Å²) in [7, 11) is 0. The Morgan fingerprint density at radius 2 is 2.30 bits per heavy atom. The molecule has 106 valence electrons. The highest BCUT2D eigenvalue weighted by molar-refractivity contribution is 7.13. The monoisotopic (exact) mass is 291 g/mol. The minimum Gasteiger partial charge on any atom is -0.396 e. The number of aliphatic hydroxyl groups is 1. The molecule has 2 amide bonds. The average molecular weight is 291 g/mol. The molecule has 3 N–H and O–H groups in total. The molecule has 0 spiro atoms. The molecule has 0 atom stereocenters. The molecule has 1 aromatic heterocycles. The fraction of sp³-hybridized carbons (Fsp3) is 0.286. The predicted octanol–water partition coefficient (Wildman–Crippen LogP) is 2.62. The number of aromatic nitrogens is 1. The summed E-state index contributed by atoms with van der Waals surface area (Å²) in [5.74, 6) is 0. The van der Waals surface area contributed by atoms with E-state index in [1.54, 1.807) is 11.3 Å². The number of nitrogens with zero attached hydrogens (tertiary/aromatic N) is 1. The maximum atomic E-state index is 11.6. The van der Waals surface area contributed by atoms with Gasteiger partial charge in [0.2, 0.25) is 0 Å². The molecular formula is C14H17N3O2S. The number of amides is 2. The number of aliphatic hydroxyl groups excluding tert-OH is 1. The zero-order valence-corrected chi connectivity index (χ0v) is 12.0. The molecule has 0 saturated heterocycles. The number of hydrogen-bond acceptors (Lipinski definition) is 4. The number of urea groups is 1. The van der Waals surface area contributed by atoms with Crippen LogP contribution < -0.4 is 10.6 Å². The molecule has 0 unspecified atom stereocenters. The van der Waals surface area contributed by atoms with Gasteiger partial charge < -0.3 is 15.7 Å². The summed E-state index contributed by atoms with van der Waals surface area (Å²) in [5, 5.41) is 17.0. The second-order valence-corrected chi connectivity index (χ2v) is 5.19. The van der Waals surface area contributed by atoms with Crippen LogP contribution >= 0.6 is 11.3 Å². The van der Waals surface area contributed by atoms with Crippen molar-refractivity contribution in [1.82, 2.24) is 10.3 Å². The predicted molar refractivity (Wildman–Crippen MR) is 81.0 cm³/mol. The lowest BCUT2D eigenvalue weighted by molar-refractivity contribution is 0.249. The highest BCUT2D eigenvalue weighted by Gasteiger charge is 2.05. The molecule has 5 nitrogen and oxygen atoms in total. The molecule has 1 aromatic carbocycles. The van der Waals surface area contributed by atoms with Gasteiger partial charge in [0.15, 0.2) is 0 Å². The van der Waals surface area contributed by atoms with E-state index in [0.717, 1.165) is 22.0 Å². The van der Waals surface area contributed by atoms with Crippen LogP contribution in [0.5, 0.6) is 0 Å². The maximum absolute atomic E-state index is 11.6. The van der Waals surface area contributed by atoms with Gasteiger partial charge in [0.05, 0.1) is 0 Å². The largest absolute Gasteiger partial charge is 0.396 e. The van der Waals surface area contributed by atoms with Gasteiger partial charge in [-0.05, 0) is 25.5 Å². The number of benzene rings is 1. The first-order valence-corrected chi connectivity index (χ1v) is 7.25. The van der Waals surface area contributed by atoms with Crippen LogP contribution in [0.3, 0.4) is 0 Å². The van der Waals surface area contributed by atoms with Crippen molar-refractivity contribution in [3.8, 4) is 10.6 Å². The van der Waals surface area contributed by atoms with Gasteiger partial charge in [0, 0.05) is 35.5 Å². The summed E-state index contributed by atoms with van der Waals surface area (Å²) in [6.07, 6.45) is 0.547. The molecule has 0 aliphatic rings. The summed E-state index contributed by atoms with van der Waals surface area (Å²) >= 11 is 1.58. The van der Waals surface area contributed by atoms with Crippen molar-refractivity contribution in [3.05, 3.63) is 35.3 Å². The normalized spacial score (nSPS) is 10.3. The fourth-order valence-corrected chi connectivity index (χ4v) is 2.47. The van der Waals surface area contributed by atoms with E-state index in [4.69, 9.17) is 5.11 Å². The van der Waals surface area contributed by atoms with E-state index in [9.17, 15) is 4.79 Å². The summed E-state index contributed by atoms with van der Waals surface area (Å²) in [6.45, 7) is 2.48. The number of carbonyl (C=O) groups is 1.